The van der Waals surface area contributed by atoms with Crippen LogP contribution >= 0.6 is 0 Å². The lowest BCUT2D eigenvalue weighted by Gasteiger charge is -2.27. The molecule has 1 rings (SSSR count). The molecule has 0 aromatic rings. The lowest BCUT2D eigenvalue weighted by molar-refractivity contribution is 0.308. The van der Waals surface area contributed by atoms with Gasteiger partial charge in [-0.3, -0.25) is 0 Å². The topological polar surface area (TPSA) is 24.1 Å². The van der Waals surface area contributed by atoms with Crippen LogP contribution in [-0.2, 0) is 0 Å². The fraction of sp³-hybridized carbons (Fsp3) is 1.00. The molecule has 22 heavy (non-hydrogen) atoms. The van der Waals surface area contributed by atoms with Gasteiger partial charge in [-0.05, 0) is 44.6 Å². The number of nitrogens with one attached hydrogen (secondary N) is 2. The largest absolute Gasteiger partial charge is 0.315 e. The second kappa shape index (κ2) is 14.5. The third-order valence-corrected chi connectivity index (χ3v) is 5.21. The number of unbranched alkanes of at least 4 members (excludes halogenated alkanes) is 8. The Morgan fingerprint density at radius 1 is 0.682 bits per heavy atom. The monoisotopic (exact) mass is 310 g/mol. The Bertz CT molecular complexity index is 222. The van der Waals surface area contributed by atoms with Gasteiger partial charge in [-0.25, -0.2) is 0 Å². The third kappa shape index (κ3) is 11.5. The van der Waals surface area contributed by atoms with Crippen LogP contribution in [0.2, 0.25) is 0 Å². The van der Waals surface area contributed by atoms with Crippen LogP contribution in [0, 0.1) is 5.92 Å². The molecule has 0 unspecified atom stereocenters. The zero-order valence-corrected chi connectivity index (χ0v) is 15.5. The Kier molecular flexibility index (Phi) is 13.2. The Balaban J connectivity index is 1.71. The van der Waals surface area contributed by atoms with E-state index < -0.39 is 0 Å². The fourth-order valence-electron chi connectivity index (χ4n) is 3.51. The zero-order valence-electron chi connectivity index (χ0n) is 15.5. The predicted octanol–water partition coefficient (Wildman–Crippen LogP) is 5.28. The predicted molar refractivity (Wildman–Crippen MR) is 99.5 cm³/mol. The van der Waals surface area contributed by atoms with E-state index in [4.69, 9.17) is 0 Å². The smallest absolute Gasteiger partial charge is 0.00793 e. The summed E-state index contributed by atoms with van der Waals surface area (Å²) in [5, 5.41) is 7.31. The summed E-state index contributed by atoms with van der Waals surface area (Å²) in [6.07, 6.45) is 18.4. The lowest BCUT2D eigenvalue weighted by atomic mass is 9.87. The van der Waals surface area contributed by atoms with Gasteiger partial charge >= 0.3 is 0 Å². The van der Waals surface area contributed by atoms with Crippen molar-refractivity contribution < 1.29 is 0 Å². The van der Waals surface area contributed by atoms with Crippen molar-refractivity contribution in [1.82, 2.24) is 10.6 Å². The van der Waals surface area contributed by atoms with Crippen molar-refractivity contribution in [3.05, 3.63) is 0 Å². The molecule has 1 aliphatic rings. The summed E-state index contributed by atoms with van der Waals surface area (Å²) in [5.74, 6) is 0.961. The SMILES string of the molecule is CCCCCCCCCCCNCCNC1CCC(C)CC1. The highest BCUT2D eigenvalue weighted by Crippen LogP contribution is 2.23. The average molecular weight is 311 g/mol. The first-order valence-corrected chi connectivity index (χ1v) is 10.3. The molecule has 2 heteroatoms. The van der Waals surface area contributed by atoms with Crippen molar-refractivity contribution in [3.63, 3.8) is 0 Å². The third-order valence-electron chi connectivity index (χ3n) is 5.21. The Hall–Kier alpha value is -0.0800. The minimum atomic E-state index is 0.797. The van der Waals surface area contributed by atoms with Gasteiger partial charge < -0.3 is 10.6 Å². The molecule has 0 bridgehead atoms. The maximum atomic E-state index is 3.72. The first kappa shape index (κ1) is 20.0. The minimum Gasteiger partial charge on any atom is -0.315 e. The molecule has 1 fully saturated rings. The summed E-state index contributed by atoms with van der Waals surface area (Å²) in [5.41, 5.74) is 0. The van der Waals surface area contributed by atoms with Crippen LogP contribution in [0.4, 0.5) is 0 Å². The molecule has 2 N–H and O–H groups in total. The molecular weight excluding hydrogens is 268 g/mol. The van der Waals surface area contributed by atoms with Crippen LogP contribution in [0.3, 0.4) is 0 Å². The van der Waals surface area contributed by atoms with E-state index in [-0.39, 0.29) is 0 Å². The quantitative estimate of drug-likeness (QED) is 0.427. The van der Waals surface area contributed by atoms with Gasteiger partial charge in [-0.2, -0.15) is 0 Å². The van der Waals surface area contributed by atoms with Gasteiger partial charge in [0.2, 0.25) is 0 Å². The second-order valence-electron chi connectivity index (χ2n) is 7.49. The van der Waals surface area contributed by atoms with Crippen molar-refractivity contribution >= 4 is 0 Å². The van der Waals surface area contributed by atoms with Crippen LogP contribution < -0.4 is 10.6 Å². The average Bonchev–Trinajstić information content (AvgIpc) is 2.53. The summed E-state index contributed by atoms with van der Waals surface area (Å²) in [4.78, 5) is 0. The van der Waals surface area contributed by atoms with Crippen LogP contribution in [0.25, 0.3) is 0 Å². The standard InChI is InChI=1S/C20H42N2/c1-3-4-5-6-7-8-9-10-11-16-21-17-18-22-20-14-12-19(2)13-15-20/h19-22H,3-18H2,1-2H3. The van der Waals surface area contributed by atoms with E-state index in [0.29, 0.717) is 0 Å². The number of hydrogen-bond donors (Lipinski definition) is 2. The Morgan fingerprint density at radius 2 is 1.27 bits per heavy atom. The Labute approximate surface area is 140 Å². The maximum Gasteiger partial charge on any atom is 0.00793 e. The van der Waals surface area contributed by atoms with E-state index in [0.717, 1.165) is 25.0 Å². The van der Waals surface area contributed by atoms with Gasteiger partial charge in [0, 0.05) is 19.1 Å². The number of hydrogen-bond acceptors (Lipinski definition) is 2. The molecule has 1 aliphatic carbocycles. The second-order valence-corrected chi connectivity index (χ2v) is 7.49. The molecule has 1 saturated carbocycles. The summed E-state index contributed by atoms with van der Waals surface area (Å²) in [6, 6.07) is 0.797. The van der Waals surface area contributed by atoms with Crippen molar-refractivity contribution in [1.29, 1.82) is 0 Å². The number of rotatable bonds is 14. The zero-order chi connectivity index (χ0) is 15.9. The van der Waals surface area contributed by atoms with Crippen molar-refractivity contribution in [2.75, 3.05) is 19.6 Å². The van der Waals surface area contributed by atoms with Crippen molar-refractivity contribution in [3.8, 4) is 0 Å². The molecule has 0 aromatic heterocycles. The van der Waals surface area contributed by atoms with E-state index in [1.807, 2.05) is 0 Å². The van der Waals surface area contributed by atoms with Crippen LogP contribution in [0.1, 0.15) is 97.3 Å². The van der Waals surface area contributed by atoms with Crippen molar-refractivity contribution in [2.45, 2.75) is 103 Å². The van der Waals surface area contributed by atoms with Crippen LogP contribution in [0.15, 0.2) is 0 Å². The molecule has 0 amide bonds. The molecule has 0 aromatic carbocycles. The summed E-state index contributed by atoms with van der Waals surface area (Å²) in [6.45, 7) is 8.18. The van der Waals surface area contributed by atoms with E-state index in [2.05, 4.69) is 24.5 Å². The van der Waals surface area contributed by atoms with E-state index in [1.165, 1.54) is 90.0 Å². The maximum absolute atomic E-state index is 3.72. The minimum absolute atomic E-state index is 0.797. The summed E-state index contributed by atoms with van der Waals surface area (Å²) < 4.78 is 0. The van der Waals surface area contributed by atoms with E-state index >= 15 is 0 Å². The van der Waals surface area contributed by atoms with Gasteiger partial charge in [-0.1, -0.05) is 65.2 Å². The van der Waals surface area contributed by atoms with Gasteiger partial charge in [-0.15, -0.1) is 0 Å². The highest BCUT2D eigenvalue weighted by Gasteiger charge is 2.16. The van der Waals surface area contributed by atoms with Gasteiger partial charge in [0.25, 0.3) is 0 Å². The van der Waals surface area contributed by atoms with Gasteiger partial charge in [0.05, 0.1) is 0 Å². The molecule has 0 saturated heterocycles. The molecule has 0 radical (unpaired) electrons. The van der Waals surface area contributed by atoms with Crippen molar-refractivity contribution in [2.24, 2.45) is 5.92 Å². The Morgan fingerprint density at radius 3 is 1.91 bits per heavy atom. The first-order chi connectivity index (χ1) is 10.8. The first-order valence-electron chi connectivity index (χ1n) is 10.3. The van der Waals surface area contributed by atoms with E-state index in [9.17, 15) is 0 Å². The highest BCUT2D eigenvalue weighted by molar-refractivity contribution is 4.75. The molecule has 2 nitrogen and oxygen atoms in total. The van der Waals surface area contributed by atoms with Crippen LogP contribution in [-0.4, -0.2) is 25.7 Å². The molecule has 0 atom stereocenters. The molecule has 0 spiro atoms. The van der Waals surface area contributed by atoms with Crippen LogP contribution in [0.5, 0.6) is 0 Å². The summed E-state index contributed by atoms with van der Waals surface area (Å²) >= 11 is 0. The van der Waals surface area contributed by atoms with Gasteiger partial charge in [0.1, 0.15) is 0 Å². The highest BCUT2D eigenvalue weighted by atomic mass is 15.0. The van der Waals surface area contributed by atoms with E-state index in [1.54, 1.807) is 0 Å². The molecule has 132 valence electrons. The summed E-state index contributed by atoms with van der Waals surface area (Å²) in [7, 11) is 0. The van der Waals surface area contributed by atoms with Gasteiger partial charge in [0.15, 0.2) is 0 Å². The molecule has 0 aliphatic heterocycles. The normalized spacial score (nSPS) is 22.1. The fourth-order valence-corrected chi connectivity index (χ4v) is 3.51. The molecule has 0 heterocycles. The molecular formula is C20H42N2. The lowest BCUT2D eigenvalue weighted by Crippen LogP contribution is -2.37.